The van der Waals surface area contributed by atoms with Crippen molar-refractivity contribution in [1.82, 2.24) is 4.98 Å². The molecule has 0 atom stereocenters. The zero-order chi connectivity index (χ0) is 20.3. The number of benzene rings is 2. The molecule has 142 valence electrons. The quantitative estimate of drug-likeness (QED) is 0.371. The van der Waals surface area contributed by atoms with Crippen LogP contribution in [0.2, 0.25) is 5.02 Å². The molecule has 5 nitrogen and oxygen atoms in total. The number of esters is 2. The van der Waals surface area contributed by atoms with Gasteiger partial charge < -0.3 is 9.47 Å². The highest BCUT2D eigenvalue weighted by atomic mass is 79.9. The van der Waals surface area contributed by atoms with Crippen molar-refractivity contribution in [3.63, 3.8) is 0 Å². The van der Waals surface area contributed by atoms with Gasteiger partial charge >= 0.3 is 11.9 Å². The van der Waals surface area contributed by atoms with Gasteiger partial charge in [-0.1, -0.05) is 23.7 Å². The Morgan fingerprint density at radius 2 is 1.75 bits per heavy atom. The Morgan fingerprint density at radius 3 is 2.46 bits per heavy atom. The summed E-state index contributed by atoms with van der Waals surface area (Å²) in [6, 6.07) is 12.4. The lowest BCUT2D eigenvalue weighted by Crippen LogP contribution is -2.03. The highest BCUT2D eigenvalue weighted by Gasteiger charge is 2.12. The summed E-state index contributed by atoms with van der Waals surface area (Å²) in [6.07, 6.45) is 3.45. The van der Waals surface area contributed by atoms with Gasteiger partial charge in [0.15, 0.2) is 5.75 Å². The van der Waals surface area contributed by atoms with Crippen LogP contribution in [0.25, 0.3) is 23.1 Å². The minimum atomic E-state index is -0.446. The molecule has 0 spiro atoms. The van der Waals surface area contributed by atoms with Crippen LogP contribution < -0.4 is 9.47 Å². The van der Waals surface area contributed by atoms with E-state index in [0.29, 0.717) is 37.8 Å². The SMILES string of the molecule is CC(=O)Oc1c(Br)cc(Cl)cc1C=Cc1cc(OC(C)=O)c2ccccc2n1. The summed E-state index contributed by atoms with van der Waals surface area (Å²) in [5.41, 5.74) is 1.85. The number of ether oxygens (including phenoxy) is 2. The zero-order valence-corrected chi connectivity index (χ0v) is 17.4. The first-order chi connectivity index (χ1) is 13.3. The number of fused-ring (bicyclic) bond motifs is 1. The predicted molar refractivity (Wildman–Crippen MR) is 112 cm³/mol. The maximum Gasteiger partial charge on any atom is 0.308 e. The number of aromatic nitrogens is 1. The lowest BCUT2D eigenvalue weighted by molar-refractivity contribution is -0.132. The first-order valence-corrected chi connectivity index (χ1v) is 9.44. The van der Waals surface area contributed by atoms with Gasteiger partial charge in [0, 0.05) is 35.9 Å². The summed E-state index contributed by atoms with van der Waals surface area (Å²) in [6.45, 7) is 2.67. The van der Waals surface area contributed by atoms with Crippen LogP contribution in [0.15, 0.2) is 46.9 Å². The Labute approximate surface area is 175 Å². The normalized spacial score (nSPS) is 11.0. The largest absolute Gasteiger partial charge is 0.426 e. The molecule has 0 unspecified atom stereocenters. The van der Waals surface area contributed by atoms with E-state index in [-0.39, 0.29) is 0 Å². The summed E-state index contributed by atoms with van der Waals surface area (Å²) in [5, 5.41) is 1.22. The van der Waals surface area contributed by atoms with Crippen LogP contribution in [0, 0.1) is 0 Å². The fraction of sp³-hybridized carbons (Fsp3) is 0.0952. The standard InChI is InChI=1S/C21H15BrClNO4/c1-12(25)27-20-11-16(24-19-6-4-3-5-17(19)20)8-7-14-9-15(23)10-18(22)21(14)28-13(2)26/h3-11H,1-2H3. The number of carbonyl (C=O) groups excluding carboxylic acids is 2. The van der Waals surface area contributed by atoms with Crippen molar-refractivity contribution in [2.45, 2.75) is 13.8 Å². The zero-order valence-electron chi connectivity index (χ0n) is 15.0. The molecule has 0 saturated heterocycles. The van der Waals surface area contributed by atoms with Crippen molar-refractivity contribution in [3.8, 4) is 11.5 Å². The van der Waals surface area contributed by atoms with E-state index in [0.717, 1.165) is 5.39 Å². The molecule has 2 aromatic carbocycles. The molecule has 1 aromatic heterocycles. The molecule has 0 fully saturated rings. The second-order valence-electron chi connectivity index (χ2n) is 5.89. The summed E-state index contributed by atoms with van der Waals surface area (Å²) in [7, 11) is 0. The van der Waals surface area contributed by atoms with Crippen molar-refractivity contribution < 1.29 is 19.1 Å². The van der Waals surface area contributed by atoms with E-state index in [9.17, 15) is 9.59 Å². The monoisotopic (exact) mass is 459 g/mol. The summed E-state index contributed by atoms with van der Waals surface area (Å²) in [4.78, 5) is 27.4. The smallest absolute Gasteiger partial charge is 0.308 e. The van der Waals surface area contributed by atoms with Crippen LogP contribution in [0.3, 0.4) is 0 Å². The van der Waals surface area contributed by atoms with E-state index in [4.69, 9.17) is 21.1 Å². The second kappa shape index (κ2) is 8.54. The number of carbonyl (C=O) groups is 2. The summed E-state index contributed by atoms with van der Waals surface area (Å²) >= 11 is 9.48. The molecule has 1 heterocycles. The minimum Gasteiger partial charge on any atom is -0.426 e. The Bertz CT molecular complexity index is 1110. The van der Waals surface area contributed by atoms with Gasteiger partial charge in [0.2, 0.25) is 0 Å². The maximum atomic E-state index is 11.4. The van der Waals surface area contributed by atoms with Gasteiger partial charge in [-0.25, -0.2) is 4.98 Å². The lowest BCUT2D eigenvalue weighted by atomic mass is 10.1. The highest BCUT2D eigenvalue weighted by molar-refractivity contribution is 9.10. The molecule has 0 aliphatic heterocycles. The van der Waals surface area contributed by atoms with Crippen molar-refractivity contribution in [2.24, 2.45) is 0 Å². The van der Waals surface area contributed by atoms with Crippen molar-refractivity contribution in [1.29, 1.82) is 0 Å². The molecule has 0 amide bonds. The number of pyridine rings is 1. The Balaban J connectivity index is 2.06. The van der Waals surface area contributed by atoms with Crippen LogP contribution >= 0.6 is 27.5 Å². The van der Waals surface area contributed by atoms with Crippen LogP contribution in [0.1, 0.15) is 25.1 Å². The van der Waals surface area contributed by atoms with Crippen molar-refractivity contribution in [3.05, 3.63) is 63.2 Å². The molecule has 0 radical (unpaired) electrons. The third kappa shape index (κ3) is 4.77. The Hall–Kier alpha value is -2.70. The molecule has 0 saturated carbocycles. The molecule has 3 rings (SSSR count). The summed E-state index contributed by atoms with van der Waals surface area (Å²) < 4.78 is 11.2. The summed E-state index contributed by atoms with van der Waals surface area (Å²) in [5.74, 6) is -0.0831. The average molecular weight is 461 g/mol. The van der Waals surface area contributed by atoms with Gasteiger partial charge in [-0.2, -0.15) is 0 Å². The van der Waals surface area contributed by atoms with E-state index in [2.05, 4.69) is 20.9 Å². The maximum absolute atomic E-state index is 11.4. The first-order valence-electron chi connectivity index (χ1n) is 8.27. The van der Waals surface area contributed by atoms with E-state index in [1.54, 1.807) is 30.4 Å². The van der Waals surface area contributed by atoms with E-state index >= 15 is 0 Å². The van der Waals surface area contributed by atoms with Crippen LogP contribution in [-0.2, 0) is 9.59 Å². The molecule has 7 heteroatoms. The fourth-order valence-electron chi connectivity index (χ4n) is 2.62. The predicted octanol–water partition coefficient (Wildman–Crippen LogP) is 5.67. The van der Waals surface area contributed by atoms with Crippen molar-refractivity contribution >= 4 is 62.5 Å². The van der Waals surface area contributed by atoms with E-state index in [1.807, 2.05) is 24.3 Å². The molecular formula is C21H15BrClNO4. The first kappa shape index (κ1) is 20.0. The third-order valence-corrected chi connectivity index (χ3v) is 4.48. The second-order valence-corrected chi connectivity index (χ2v) is 7.18. The molecule has 0 aliphatic carbocycles. The van der Waals surface area contributed by atoms with Gasteiger partial charge in [0.05, 0.1) is 15.7 Å². The third-order valence-electron chi connectivity index (χ3n) is 3.67. The lowest BCUT2D eigenvalue weighted by Gasteiger charge is -2.09. The minimum absolute atomic E-state index is 0.356. The fourth-order valence-corrected chi connectivity index (χ4v) is 3.53. The molecule has 0 aliphatic rings. The van der Waals surface area contributed by atoms with Crippen molar-refractivity contribution in [2.75, 3.05) is 0 Å². The number of hydrogen-bond acceptors (Lipinski definition) is 5. The van der Waals surface area contributed by atoms with E-state index < -0.39 is 11.9 Å². The highest BCUT2D eigenvalue weighted by Crippen LogP contribution is 2.34. The number of hydrogen-bond donors (Lipinski definition) is 0. The van der Waals surface area contributed by atoms with Gasteiger partial charge in [0.1, 0.15) is 5.75 Å². The number of halogens is 2. The van der Waals surface area contributed by atoms with Gasteiger partial charge in [-0.3, -0.25) is 9.59 Å². The van der Waals surface area contributed by atoms with E-state index in [1.165, 1.54) is 13.8 Å². The Morgan fingerprint density at radius 1 is 1.04 bits per heavy atom. The Kier molecular flexibility index (Phi) is 6.11. The number of nitrogens with zero attached hydrogens (tertiary/aromatic N) is 1. The molecular weight excluding hydrogens is 446 g/mol. The van der Waals surface area contributed by atoms with Crippen LogP contribution in [-0.4, -0.2) is 16.9 Å². The average Bonchev–Trinajstić information content (AvgIpc) is 2.61. The molecule has 28 heavy (non-hydrogen) atoms. The van der Waals surface area contributed by atoms with Gasteiger partial charge in [-0.05, 0) is 52.3 Å². The van der Waals surface area contributed by atoms with Gasteiger partial charge in [0.25, 0.3) is 0 Å². The molecule has 0 bridgehead atoms. The molecule has 0 N–H and O–H groups in total. The van der Waals surface area contributed by atoms with Crippen LogP contribution in [0.5, 0.6) is 11.5 Å². The molecule has 3 aromatic rings. The topological polar surface area (TPSA) is 65.5 Å². The van der Waals surface area contributed by atoms with Crippen LogP contribution in [0.4, 0.5) is 0 Å². The van der Waals surface area contributed by atoms with Gasteiger partial charge in [-0.15, -0.1) is 0 Å². The number of rotatable bonds is 4. The number of para-hydroxylation sites is 1.